The van der Waals surface area contributed by atoms with Crippen LogP contribution in [0.4, 0.5) is 0 Å². The predicted molar refractivity (Wildman–Crippen MR) is 80.6 cm³/mol. The van der Waals surface area contributed by atoms with Gasteiger partial charge in [-0.15, -0.1) is 0 Å². The summed E-state index contributed by atoms with van der Waals surface area (Å²) in [6.07, 6.45) is 0. The Labute approximate surface area is 135 Å². The van der Waals surface area contributed by atoms with Crippen LogP contribution in [0.5, 0.6) is 0 Å². The van der Waals surface area contributed by atoms with Crippen LogP contribution in [-0.4, -0.2) is 33.4 Å². The molecule has 0 aliphatic rings. The van der Waals surface area contributed by atoms with E-state index in [1.165, 1.54) is 10.7 Å². The van der Waals surface area contributed by atoms with Gasteiger partial charge in [-0.05, 0) is 31.2 Å². The van der Waals surface area contributed by atoms with Gasteiger partial charge >= 0.3 is 5.97 Å². The van der Waals surface area contributed by atoms with Crippen LogP contribution in [0.3, 0.4) is 0 Å². The molecule has 0 spiro atoms. The summed E-state index contributed by atoms with van der Waals surface area (Å²) in [6, 6.07) is 7.89. The maximum Gasteiger partial charge on any atom is 0.332 e. The number of hydrogen-bond acceptors (Lipinski definition) is 5. The van der Waals surface area contributed by atoms with E-state index < -0.39 is 29.6 Å². The van der Waals surface area contributed by atoms with Crippen LogP contribution in [0.15, 0.2) is 35.1 Å². The molecule has 0 aliphatic carbocycles. The Balaban J connectivity index is 2.32. The van der Waals surface area contributed by atoms with Crippen molar-refractivity contribution < 1.29 is 19.5 Å². The minimum atomic E-state index is -1.26. The van der Waals surface area contributed by atoms with Crippen molar-refractivity contribution in [1.29, 1.82) is 0 Å². The van der Waals surface area contributed by atoms with Crippen molar-refractivity contribution in [3.8, 4) is 5.69 Å². The minimum Gasteiger partial charge on any atom is -0.479 e. The van der Waals surface area contributed by atoms with Crippen molar-refractivity contribution in [2.75, 3.05) is 6.61 Å². The molecule has 9 heteroatoms. The summed E-state index contributed by atoms with van der Waals surface area (Å²) in [6.45, 7) is 0.925. The summed E-state index contributed by atoms with van der Waals surface area (Å²) < 4.78 is 1.39. The fraction of sp³-hybridized carbons (Fsp3) is 0.143. The minimum absolute atomic E-state index is 0.420. The monoisotopic (exact) mass is 337 g/mol. The van der Waals surface area contributed by atoms with Crippen molar-refractivity contribution in [1.82, 2.24) is 15.3 Å². The van der Waals surface area contributed by atoms with Crippen molar-refractivity contribution in [3.63, 3.8) is 0 Å². The van der Waals surface area contributed by atoms with Gasteiger partial charge in [-0.1, -0.05) is 11.6 Å². The lowest BCUT2D eigenvalue weighted by Gasteiger charge is -2.11. The number of benzene rings is 1. The number of rotatable bonds is 5. The van der Waals surface area contributed by atoms with E-state index in [0.29, 0.717) is 16.4 Å². The zero-order valence-electron chi connectivity index (χ0n) is 11.9. The molecule has 8 nitrogen and oxygen atoms in total. The van der Waals surface area contributed by atoms with E-state index in [1.54, 1.807) is 31.2 Å². The first-order chi connectivity index (χ1) is 10.9. The highest BCUT2D eigenvalue weighted by atomic mass is 35.5. The van der Waals surface area contributed by atoms with E-state index in [2.05, 4.69) is 9.94 Å². The molecule has 0 radical (unpaired) electrons. The quantitative estimate of drug-likeness (QED) is 0.786. The van der Waals surface area contributed by atoms with Gasteiger partial charge in [0, 0.05) is 16.8 Å². The summed E-state index contributed by atoms with van der Waals surface area (Å²) >= 11 is 5.82. The Kier molecular flexibility index (Phi) is 5.09. The second kappa shape index (κ2) is 7.03. The van der Waals surface area contributed by atoms with Gasteiger partial charge in [-0.3, -0.25) is 14.4 Å². The molecule has 1 amide bonds. The Morgan fingerprint density at radius 2 is 2.00 bits per heavy atom. The summed E-state index contributed by atoms with van der Waals surface area (Å²) in [7, 11) is 0. The number of halogens is 1. The number of hydroxylamine groups is 1. The van der Waals surface area contributed by atoms with Crippen molar-refractivity contribution >= 4 is 23.5 Å². The number of carbonyl (C=O) groups is 2. The van der Waals surface area contributed by atoms with Gasteiger partial charge in [-0.2, -0.15) is 5.10 Å². The van der Waals surface area contributed by atoms with Crippen LogP contribution in [0, 0.1) is 6.92 Å². The average molecular weight is 338 g/mol. The molecule has 1 heterocycles. The normalized spacial score (nSPS) is 10.3. The fourth-order valence-corrected chi connectivity index (χ4v) is 1.89. The first-order valence-electron chi connectivity index (χ1n) is 6.39. The number of carbonyl (C=O) groups excluding carboxylic acids is 1. The average Bonchev–Trinajstić information content (AvgIpc) is 2.48. The Hall–Kier alpha value is -2.71. The molecular formula is C14H12ClN3O5. The lowest BCUT2D eigenvalue weighted by atomic mass is 10.3. The molecule has 0 saturated carbocycles. The Bertz CT molecular complexity index is 801. The first kappa shape index (κ1) is 16.7. The van der Waals surface area contributed by atoms with E-state index >= 15 is 0 Å². The number of carboxylic acid groups (broad SMARTS) is 1. The van der Waals surface area contributed by atoms with Gasteiger partial charge in [0.05, 0.1) is 5.69 Å². The molecule has 0 bridgehead atoms. The summed E-state index contributed by atoms with van der Waals surface area (Å²) in [5.41, 5.74) is 1.95. The zero-order valence-corrected chi connectivity index (χ0v) is 12.7. The molecule has 0 unspecified atom stereocenters. The van der Waals surface area contributed by atoms with Gasteiger partial charge in [0.2, 0.25) is 5.43 Å². The van der Waals surface area contributed by atoms with E-state index in [1.807, 2.05) is 5.48 Å². The van der Waals surface area contributed by atoms with Crippen LogP contribution in [0.25, 0.3) is 5.69 Å². The number of aromatic nitrogens is 2. The maximum atomic E-state index is 11.9. The third kappa shape index (κ3) is 4.15. The van der Waals surface area contributed by atoms with Gasteiger partial charge in [0.25, 0.3) is 5.91 Å². The largest absolute Gasteiger partial charge is 0.479 e. The lowest BCUT2D eigenvalue weighted by Crippen LogP contribution is -2.33. The van der Waals surface area contributed by atoms with Gasteiger partial charge < -0.3 is 5.11 Å². The number of carboxylic acids is 1. The van der Waals surface area contributed by atoms with E-state index in [-0.39, 0.29) is 0 Å². The molecule has 1 aromatic heterocycles. The summed E-state index contributed by atoms with van der Waals surface area (Å²) in [5.74, 6) is -2.19. The SMILES string of the molecule is Cc1cc(=O)c(C(=O)NOCC(=O)O)nn1-c1ccc(Cl)cc1. The number of nitrogens with one attached hydrogen (secondary N) is 1. The molecule has 2 aromatic rings. The topological polar surface area (TPSA) is 111 Å². The number of nitrogens with zero attached hydrogens (tertiary/aromatic N) is 2. The van der Waals surface area contributed by atoms with Crippen molar-refractivity contribution in [3.05, 3.63) is 57.0 Å². The van der Waals surface area contributed by atoms with Crippen LogP contribution in [-0.2, 0) is 9.63 Å². The van der Waals surface area contributed by atoms with Crippen molar-refractivity contribution in [2.45, 2.75) is 6.92 Å². The van der Waals surface area contributed by atoms with Crippen LogP contribution >= 0.6 is 11.6 Å². The van der Waals surface area contributed by atoms with Crippen LogP contribution in [0.2, 0.25) is 5.02 Å². The summed E-state index contributed by atoms with van der Waals surface area (Å²) in [5, 5.41) is 13.0. The van der Waals surface area contributed by atoms with Crippen LogP contribution in [0.1, 0.15) is 16.2 Å². The van der Waals surface area contributed by atoms with E-state index in [4.69, 9.17) is 16.7 Å². The van der Waals surface area contributed by atoms with Gasteiger partial charge in [0.1, 0.15) is 0 Å². The molecule has 0 saturated heterocycles. The molecule has 0 aliphatic heterocycles. The number of amides is 1. The molecule has 120 valence electrons. The second-order valence-electron chi connectivity index (χ2n) is 4.50. The van der Waals surface area contributed by atoms with Crippen molar-refractivity contribution in [2.24, 2.45) is 0 Å². The fourth-order valence-electron chi connectivity index (χ4n) is 1.76. The zero-order chi connectivity index (χ0) is 17.0. The number of hydrogen-bond donors (Lipinski definition) is 2. The van der Waals surface area contributed by atoms with E-state index in [9.17, 15) is 14.4 Å². The van der Waals surface area contributed by atoms with Gasteiger partial charge in [-0.25, -0.2) is 15.0 Å². The van der Waals surface area contributed by atoms with E-state index in [0.717, 1.165) is 0 Å². The molecule has 0 atom stereocenters. The Morgan fingerprint density at radius 3 is 2.61 bits per heavy atom. The molecule has 0 fully saturated rings. The molecular weight excluding hydrogens is 326 g/mol. The first-order valence-corrected chi connectivity index (χ1v) is 6.77. The lowest BCUT2D eigenvalue weighted by molar-refractivity contribution is -0.144. The molecule has 23 heavy (non-hydrogen) atoms. The third-order valence-electron chi connectivity index (χ3n) is 2.75. The number of aliphatic carboxylic acids is 1. The highest BCUT2D eigenvalue weighted by Crippen LogP contribution is 2.13. The molecule has 1 aromatic carbocycles. The van der Waals surface area contributed by atoms with Gasteiger partial charge in [0.15, 0.2) is 12.3 Å². The second-order valence-corrected chi connectivity index (χ2v) is 4.94. The maximum absolute atomic E-state index is 11.9. The smallest absolute Gasteiger partial charge is 0.332 e. The highest BCUT2D eigenvalue weighted by Gasteiger charge is 2.16. The number of aryl methyl sites for hydroxylation is 1. The molecule has 2 N–H and O–H groups in total. The van der Waals surface area contributed by atoms with Crippen LogP contribution < -0.4 is 10.9 Å². The Morgan fingerprint density at radius 1 is 1.35 bits per heavy atom. The summed E-state index contributed by atoms with van der Waals surface area (Å²) in [4.78, 5) is 38.5. The standard InChI is InChI=1S/C14H12ClN3O5/c1-8-6-11(19)13(14(22)17-23-7-12(20)21)16-18(8)10-4-2-9(15)3-5-10/h2-6H,7H2,1H3,(H,17,22)(H,20,21). The molecule has 2 rings (SSSR count). The predicted octanol–water partition coefficient (Wildman–Crippen LogP) is 0.940. The third-order valence-corrected chi connectivity index (χ3v) is 3.01. The highest BCUT2D eigenvalue weighted by molar-refractivity contribution is 6.30.